The van der Waals surface area contributed by atoms with Gasteiger partial charge in [0.1, 0.15) is 5.92 Å². The summed E-state index contributed by atoms with van der Waals surface area (Å²) in [4.78, 5) is 25.5. The van der Waals surface area contributed by atoms with Crippen LogP contribution in [0, 0.1) is 6.92 Å². The van der Waals surface area contributed by atoms with Gasteiger partial charge in [-0.1, -0.05) is 54.1 Å². The number of hydrogen-bond acceptors (Lipinski definition) is 2. The first-order chi connectivity index (χ1) is 12.5. The number of amides is 1. The summed E-state index contributed by atoms with van der Waals surface area (Å²) in [5.41, 5.74) is 4.83. The van der Waals surface area contributed by atoms with E-state index in [0.717, 1.165) is 22.3 Å². The van der Waals surface area contributed by atoms with Crippen molar-refractivity contribution in [1.29, 1.82) is 0 Å². The Labute approximate surface area is 156 Å². The molecule has 0 fully saturated rings. The zero-order valence-electron chi connectivity index (χ0n) is 14.1. The molecule has 3 aromatic carbocycles. The summed E-state index contributed by atoms with van der Waals surface area (Å²) >= 11 is 5.95. The van der Waals surface area contributed by atoms with E-state index in [0.29, 0.717) is 16.3 Å². The van der Waals surface area contributed by atoms with Crippen LogP contribution in [0.4, 0.5) is 5.69 Å². The molecule has 0 saturated heterocycles. The highest BCUT2D eigenvalue weighted by molar-refractivity contribution is 6.30. The third-order valence-electron chi connectivity index (χ3n) is 4.73. The van der Waals surface area contributed by atoms with Gasteiger partial charge in [-0.15, -0.1) is 0 Å². The molecule has 3 aromatic rings. The molecule has 0 saturated carbocycles. The molecule has 0 aromatic heterocycles. The summed E-state index contributed by atoms with van der Waals surface area (Å²) in [6, 6.07) is 20.5. The standard InChI is InChI=1S/C22H16ClNO2/c1-13-12-15(14-6-9-16(23)10-7-14)8-11-17(13)20-21(25)18-4-2-3-5-19(18)24-22(20)26/h2-12,20H,1H3,(H,24,26). The van der Waals surface area contributed by atoms with Crippen molar-refractivity contribution in [3.63, 3.8) is 0 Å². The number of rotatable bonds is 2. The van der Waals surface area contributed by atoms with Crippen LogP contribution < -0.4 is 5.32 Å². The smallest absolute Gasteiger partial charge is 0.239 e. The molecular weight excluding hydrogens is 346 g/mol. The van der Waals surface area contributed by atoms with E-state index in [4.69, 9.17) is 11.6 Å². The van der Waals surface area contributed by atoms with Crippen LogP contribution in [-0.2, 0) is 4.79 Å². The van der Waals surface area contributed by atoms with Crippen molar-refractivity contribution >= 4 is 29.0 Å². The second kappa shape index (κ2) is 6.43. The topological polar surface area (TPSA) is 46.2 Å². The van der Waals surface area contributed by atoms with Crippen LogP contribution in [0.5, 0.6) is 0 Å². The fourth-order valence-corrected chi connectivity index (χ4v) is 3.52. The molecule has 1 heterocycles. The van der Waals surface area contributed by atoms with E-state index in [1.165, 1.54) is 0 Å². The fourth-order valence-electron chi connectivity index (χ4n) is 3.39. The van der Waals surface area contributed by atoms with Crippen LogP contribution in [0.15, 0.2) is 66.7 Å². The number of carbonyl (C=O) groups excluding carboxylic acids is 2. The zero-order valence-corrected chi connectivity index (χ0v) is 14.9. The summed E-state index contributed by atoms with van der Waals surface area (Å²) in [5, 5.41) is 3.53. The molecule has 0 aliphatic carbocycles. The number of hydrogen-bond donors (Lipinski definition) is 1. The minimum absolute atomic E-state index is 0.160. The van der Waals surface area contributed by atoms with Crippen molar-refractivity contribution in [3.8, 4) is 11.1 Å². The Morgan fingerprint density at radius 2 is 1.58 bits per heavy atom. The molecular formula is C22H16ClNO2. The lowest BCUT2D eigenvalue weighted by atomic mass is 9.83. The van der Waals surface area contributed by atoms with Gasteiger partial charge < -0.3 is 5.32 Å². The SMILES string of the molecule is Cc1cc(-c2ccc(Cl)cc2)ccc1C1C(=O)Nc2ccccc2C1=O. The average Bonchev–Trinajstić information content (AvgIpc) is 2.63. The number of anilines is 1. The van der Waals surface area contributed by atoms with Crippen molar-refractivity contribution in [3.05, 3.63) is 88.4 Å². The monoisotopic (exact) mass is 361 g/mol. The highest BCUT2D eigenvalue weighted by Gasteiger charge is 2.36. The predicted octanol–water partition coefficient (Wildman–Crippen LogP) is 5.23. The number of carbonyl (C=O) groups is 2. The van der Waals surface area contributed by atoms with Gasteiger partial charge in [-0.25, -0.2) is 0 Å². The van der Waals surface area contributed by atoms with Crippen molar-refractivity contribution in [2.45, 2.75) is 12.8 Å². The van der Waals surface area contributed by atoms with E-state index in [1.54, 1.807) is 18.2 Å². The Bertz CT molecular complexity index is 1020. The molecule has 1 aliphatic heterocycles. The molecule has 4 rings (SSSR count). The number of benzene rings is 3. The predicted molar refractivity (Wildman–Crippen MR) is 104 cm³/mol. The molecule has 26 heavy (non-hydrogen) atoms. The summed E-state index contributed by atoms with van der Waals surface area (Å²) in [6.45, 7) is 1.93. The van der Waals surface area contributed by atoms with Gasteiger partial charge in [-0.3, -0.25) is 9.59 Å². The van der Waals surface area contributed by atoms with E-state index in [9.17, 15) is 9.59 Å². The summed E-state index contributed by atoms with van der Waals surface area (Å²) in [5.74, 6) is -1.26. The Morgan fingerprint density at radius 1 is 0.885 bits per heavy atom. The number of fused-ring (bicyclic) bond motifs is 1. The molecule has 1 amide bonds. The molecule has 1 aliphatic rings. The molecule has 1 N–H and O–H groups in total. The Morgan fingerprint density at radius 3 is 2.31 bits per heavy atom. The van der Waals surface area contributed by atoms with Crippen LogP contribution in [-0.4, -0.2) is 11.7 Å². The summed E-state index contributed by atoms with van der Waals surface area (Å²) in [7, 11) is 0. The van der Waals surface area contributed by atoms with Crippen molar-refractivity contribution < 1.29 is 9.59 Å². The number of aryl methyl sites for hydroxylation is 1. The van der Waals surface area contributed by atoms with Crippen LogP contribution in [0.2, 0.25) is 5.02 Å². The van der Waals surface area contributed by atoms with Gasteiger partial charge in [0, 0.05) is 10.6 Å². The van der Waals surface area contributed by atoms with Gasteiger partial charge in [0.05, 0.1) is 5.69 Å². The van der Waals surface area contributed by atoms with Gasteiger partial charge in [0.15, 0.2) is 5.78 Å². The summed E-state index contributed by atoms with van der Waals surface area (Å²) in [6.07, 6.45) is 0. The second-order valence-electron chi connectivity index (χ2n) is 6.41. The second-order valence-corrected chi connectivity index (χ2v) is 6.85. The van der Waals surface area contributed by atoms with Crippen molar-refractivity contribution in [2.75, 3.05) is 5.32 Å². The van der Waals surface area contributed by atoms with Crippen LogP contribution in [0.25, 0.3) is 11.1 Å². The number of Topliss-reactive ketones (excluding diaryl/α,β-unsaturated/α-hetero) is 1. The maximum absolute atomic E-state index is 12.9. The van der Waals surface area contributed by atoms with E-state index in [1.807, 2.05) is 55.5 Å². The first-order valence-corrected chi connectivity index (χ1v) is 8.73. The number of halogens is 1. The van der Waals surface area contributed by atoms with E-state index in [2.05, 4.69) is 5.32 Å². The average molecular weight is 362 g/mol. The van der Waals surface area contributed by atoms with Crippen LogP contribution in [0.1, 0.15) is 27.4 Å². The zero-order chi connectivity index (χ0) is 18.3. The van der Waals surface area contributed by atoms with Gasteiger partial charge in [-0.2, -0.15) is 0 Å². The quantitative estimate of drug-likeness (QED) is 0.635. The van der Waals surface area contributed by atoms with Gasteiger partial charge in [0.25, 0.3) is 0 Å². The first-order valence-electron chi connectivity index (χ1n) is 8.35. The van der Waals surface area contributed by atoms with Gasteiger partial charge >= 0.3 is 0 Å². The molecule has 0 radical (unpaired) electrons. The number of nitrogens with one attached hydrogen (secondary N) is 1. The molecule has 3 nitrogen and oxygen atoms in total. The Balaban J connectivity index is 1.73. The van der Waals surface area contributed by atoms with Crippen molar-refractivity contribution in [2.24, 2.45) is 0 Å². The lowest BCUT2D eigenvalue weighted by molar-refractivity contribution is -0.116. The van der Waals surface area contributed by atoms with Crippen LogP contribution in [0.3, 0.4) is 0 Å². The number of para-hydroxylation sites is 1. The molecule has 1 unspecified atom stereocenters. The van der Waals surface area contributed by atoms with Crippen LogP contribution >= 0.6 is 11.6 Å². The van der Waals surface area contributed by atoms with E-state index in [-0.39, 0.29) is 11.7 Å². The minimum Gasteiger partial charge on any atom is -0.324 e. The van der Waals surface area contributed by atoms with E-state index >= 15 is 0 Å². The maximum atomic E-state index is 12.9. The third-order valence-corrected chi connectivity index (χ3v) is 4.99. The third kappa shape index (κ3) is 2.80. The number of ketones is 1. The van der Waals surface area contributed by atoms with Gasteiger partial charge in [0.2, 0.25) is 5.91 Å². The molecule has 4 heteroatoms. The fraction of sp³-hybridized carbons (Fsp3) is 0.0909. The minimum atomic E-state index is -0.816. The van der Waals surface area contributed by atoms with Crippen molar-refractivity contribution in [1.82, 2.24) is 0 Å². The van der Waals surface area contributed by atoms with Gasteiger partial charge in [-0.05, 0) is 53.4 Å². The maximum Gasteiger partial charge on any atom is 0.239 e. The lowest BCUT2D eigenvalue weighted by Crippen LogP contribution is -2.33. The first kappa shape index (κ1) is 16.6. The molecule has 128 valence electrons. The Kier molecular flexibility index (Phi) is 4.09. The largest absolute Gasteiger partial charge is 0.324 e. The highest BCUT2D eigenvalue weighted by Crippen LogP contribution is 2.34. The normalized spacial score (nSPS) is 16.2. The molecule has 1 atom stereocenters. The van der Waals surface area contributed by atoms with E-state index < -0.39 is 5.92 Å². The lowest BCUT2D eigenvalue weighted by Gasteiger charge is -2.25. The molecule has 0 spiro atoms. The highest BCUT2D eigenvalue weighted by atomic mass is 35.5. The Hall–Kier alpha value is -2.91. The summed E-state index contributed by atoms with van der Waals surface area (Å²) < 4.78 is 0. The molecule has 0 bridgehead atoms.